The van der Waals surface area contributed by atoms with Gasteiger partial charge >= 0.3 is 5.97 Å². The van der Waals surface area contributed by atoms with Crippen LogP contribution in [-0.2, 0) is 11.3 Å². The third-order valence-corrected chi connectivity index (χ3v) is 5.07. The molecule has 0 spiro atoms. The Kier molecular flexibility index (Phi) is 4.08. The molecule has 1 fully saturated rings. The van der Waals surface area contributed by atoms with Gasteiger partial charge in [0.1, 0.15) is 11.6 Å². The average Bonchev–Trinajstić information content (AvgIpc) is 2.81. The number of carbonyl (C=O) groups is 2. The topological polar surface area (TPSA) is 57.6 Å². The summed E-state index contributed by atoms with van der Waals surface area (Å²) in [6.45, 7) is 2.02. The minimum atomic E-state index is -0.763. The van der Waals surface area contributed by atoms with E-state index in [4.69, 9.17) is 5.11 Å². The number of hydrogen-bond acceptors (Lipinski definition) is 2. The van der Waals surface area contributed by atoms with Gasteiger partial charge in [0.15, 0.2) is 0 Å². The van der Waals surface area contributed by atoms with Gasteiger partial charge in [-0.3, -0.25) is 9.59 Å². The second-order valence-electron chi connectivity index (χ2n) is 6.57. The number of benzene rings is 1. The maximum Gasteiger partial charge on any atom is 0.306 e. The maximum atomic E-state index is 14.2. The number of fused-ring (bicyclic) bond motifs is 1. The lowest BCUT2D eigenvalue weighted by molar-refractivity contribution is -0.143. The third kappa shape index (κ3) is 2.82. The Labute approximate surface area is 133 Å². The van der Waals surface area contributed by atoms with Gasteiger partial charge in [-0.1, -0.05) is 0 Å². The molecule has 23 heavy (non-hydrogen) atoms. The van der Waals surface area contributed by atoms with Crippen LogP contribution in [0, 0.1) is 30.4 Å². The summed E-state index contributed by atoms with van der Waals surface area (Å²) in [4.78, 5) is 24.9. The van der Waals surface area contributed by atoms with Gasteiger partial charge in [-0.05, 0) is 50.2 Å². The van der Waals surface area contributed by atoms with Gasteiger partial charge in [0, 0.05) is 18.7 Å². The molecule has 1 saturated carbocycles. The van der Waals surface area contributed by atoms with Crippen molar-refractivity contribution in [2.24, 2.45) is 11.8 Å². The summed E-state index contributed by atoms with van der Waals surface area (Å²) < 4.78 is 27.8. The van der Waals surface area contributed by atoms with Crippen molar-refractivity contribution in [3.63, 3.8) is 0 Å². The fraction of sp³-hybridized carbons (Fsp3) is 0.529. The molecule has 1 aromatic rings. The number of rotatable bonds is 3. The van der Waals surface area contributed by atoms with Crippen LogP contribution >= 0.6 is 0 Å². The smallest absolute Gasteiger partial charge is 0.306 e. The summed E-state index contributed by atoms with van der Waals surface area (Å²) in [6.07, 6.45) is 2.70. The Morgan fingerprint density at radius 1 is 1.30 bits per heavy atom. The Balaban J connectivity index is 1.69. The first-order valence-corrected chi connectivity index (χ1v) is 7.88. The fourth-order valence-corrected chi connectivity index (χ4v) is 3.61. The maximum absolute atomic E-state index is 14.2. The summed E-state index contributed by atoms with van der Waals surface area (Å²) in [5, 5.41) is 9.01. The van der Waals surface area contributed by atoms with Crippen LogP contribution in [0.1, 0.15) is 47.2 Å². The third-order valence-electron chi connectivity index (χ3n) is 5.07. The molecule has 0 bridgehead atoms. The predicted octanol–water partition coefficient (Wildman–Crippen LogP) is 3.12. The molecule has 3 rings (SSSR count). The highest BCUT2D eigenvalue weighted by atomic mass is 19.1. The van der Waals surface area contributed by atoms with Crippen molar-refractivity contribution in [2.45, 2.75) is 39.2 Å². The molecule has 0 atom stereocenters. The normalized spacial score (nSPS) is 24.0. The molecule has 1 N–H and O–H groups in total. The van der Waals surface area contributed by atoms with E-state index in [0.29, 0.717) is 24.9 Å². The van der Waals surface area contributed by atoms with Crippen LogP contribution < -0.4 is 0 Å². The molecule has 1 aliphatic heterocycles. The van der Waals surface area contributed by atoms with Gasteiger partial charge in [-0.25, -0.2) is 8.78 Å². The monoisotopic (exact) mass is 323 g/mol. The number of carboxylic acids is 1. The highest BCUT2D eigenvalue weighted by molar-refractivity contribution is 5.98. The molecule has 124 valence electrons. The van der Waals surface area contributed by atoms with E-state index in [1.54, 1.807) is 4.90 Å². The van der Waals surface area contributed by atoms with E-state index in [2.05, 4.69) is 0 Å². The number of halogens is 2. The first kappa shape index (κ1) is 15.9. The van der Waals surface area contributed by atoms with Crippen molar-refractivity contribution in [3.05, 3.63) is 34.4 Å². The van der Waals surface area contributed by atoms with Gasteiger partial charge in [0.25, 0.3) is 5.91 Å². The zero-order valence-electron chi connectivity index (χ0n) is 12.9. The van der Waals surface area contributed by atoms with Crippen LogP contribution in [0.3, 0.4) is 0 Å². The first-order valence-electron chi connectivity index (χ1n) is 7.88. The van der Waals surface area contributed by atoms with Crippen molar-refractivity contribution < 1.29 is 23.5 Å². The molecule has 2 aliphatic rings. The van der Waals surface area contributed by atoms with Crippen LogP contribution in [0.2, 0.25) is 0 Å². The summed E-state index contributed by atoms with van der Waals surface area (Å²) in [5.74, 6) is -2.62. The number of carboxylic acid groups (broad SMARTS) is 1. The zero-order valence-corrected chi connectivity index (χ0v) is 12.9. The second-order valence-corrected chi connectivity index (χ2v) is 6.57. The van der Waals surface area contributed by atoms with Crippen LogP contribution in [0.25, 0.3) is 0 Å². The molecule has 0 unspecified atom stereocenters. The molecule has 1 aromatic carbocycles. The molecule has 0 radical (unpaired) electrons. The van der Waals surface area contributed by atoms with Gasteiger partial charge in [0.2, 0.25) is 0 Å². The van der Waals surface area contributed by atoms with Gasteiger partial charge in [-0.15, -0.1) is 0 Å². The summed E-state index contributed by atoms with van der Waals surface area (Å²) in [7, 11) is 0. The van der Waals surface area contributed by atoms with E-state index in [9.17, 15) is 18.4 Å². The number of carbonyl (C=O) groups excluding carboxylic acids is 1. The highest BCUT2D eigenvalue weighted by Gasteiger charge is 2.35. The molecule has 6 heteroatoms. The van der Waals surface area contributed by atoms with Crippen molar-refractivity contribution in [1.29, 1.82) is 0 Å². The van der Waals surface area contributed by atoms with Crippen molar-refractivity contribution in [3.8, 4) is 0 Å². The SMILES string of the molecule is Cc1c(F)cc2c(c1F)C(=O)N(C[C@H]1CC[C@H](C(=O)O)CC1)C2. The molecule has 1 amide bonds. The van der Waals surface area contributed by atoms with E-state index < -0.39 is 17.6 Å². The summed E-state index contributed by atoms with van der Waals surface area (Å²) >= 11 is 0. The summed E-state index contributed by atoms with van der Waals surface area (Å²) in [6, 6.07) is 1.24. The predicted molar refractivity (Wildman–Crippen MR) is 78.9 cm³/mol. The molecule has 0 saturated heterocycles. The van der Waals surface area contributed by atoms with Crippen LogP contribution in [0.15, 0.2) is 6.07 Å². The van der Waals surface area contributed by atoms with E-state index in [-0.39, 0.29) is 35.4 Å². The quantitative estimate of drug-likeness (QED) is 0.930. The van der Waals surface area contributed by atoms with Gasteiger partial charge in [0.05, 0.1) is 11.5 Å². The molecule has 1 heterocycles. The first-order chi connectivity index (χ1) is 10.9. The van der Waals surface area contributed by atoms with E-state index in [1.807, 2.05) is 0 Å². The lowest BCUT2D eigenvalue weighted by Gasteiger charge is -2.29. The van der Waals surface area contributed by atoms with Crippen LogP contribution in [0.5, 0.6) is 0 Å². The van der Waals surface area contributed by atoms with Gasteiger partial charge < -0.3 is 10.0 Å². The fourth-order valence-electron chi connectivity index (χ4n) is 3.61. The van der Waals surface area contributed by atoms with Crippen molar-refractivity contribution in [1.82, 2.24) is 4.90 Å². The van der Waals surface area contributed by atoms with E-state index in [0.717, 1.165) is 12.8 Å². The zero-order chi connectivity index (χ0) is 16.7. The Morgan fingerprint density at radius 2 is 1.96 bits per heavy atom. The molecular formula is C17H19F2NO3. The average molecular weight is 323 g/mol. The Bertz CT molecular complexity index is 666. The van der Waals surface area contributed by atoms with Crippen LogP contribution in [0.4, 0.5) is 8.78 Å². The lowest BCUT2D eigenvalue weighted by Crippen LogP contribution is -2.33. The largest absolute Gasteiger partial charge is 0.481 e. The summed E-state index contributed by atoms with van der Waals surface area (Å²) in [5.41, 5.74) is 0.263. The number of hydrogen-bond donors (Lipinski definition) is 1. The highest BCUT2D eigenvalue weighted by Crippen LogP contribution is 2.33. The molecule has 1 aliphatic carbocycles. The van der Waals surface area contributed by atoms with Crippen molar-refractivity contribution >= 4 is 11.9 Å². The lowest BCUT2D eigenvalue weighted by atomic mass is 9.82. The Hall–Kier alpha value is -1.98. The second kappa shape index (κ2) is 5.91. The number of amides is 1. The van der Waals surface area contributed by atoms with Crippen LogP contribution in [-0.4, -0.2) is 28.4 Å². The van der Waals surface area contributed by atoms with E-state index >= 15 is 0 Å². The Morgan fingerprint density at radius 3 is 2.57 bits per heavy atom. The van der Waals surface area contributed by atoms with E-state index in [1.165, 1.54) is 13.0 Å². The number of nitrogens with zero attached hydrogens (tertiary/aromatic N) is 1. The molecule has 0 aromatic heterocycles. The standard InChI is InChI=1S/C17H19F2NO3/c1-9-13(18)6-12-8-20(16(21)14(12)15(9)19)7-10-2-4-11(5-3-10)17(22)23/h6,10-11H,2-5,7-8H2,1H3,(H,22,23)/t10-,11-. The number of aliphatic carboxylic acids is 1. The van der Waals surface area contributed by atoms with Crippen molar-refractivity contribution in [2.75, 3.05) is 6.54 Å². The minimum Gasteiger partial charge on any atom is -0.481 e. The minimum absolute atomic E-state index is 0.0110. The molecule has 4 nitrogen and oxygen atoms in total. The van der Waals surface area contributed by atoms with Gasteiger partial charge in [-0.2, -0.15) is 0 Å². The molecular weight excluding hydrogens is 304 g/mol.